The number of aliphatic hydroxyl groups is 1. The Morgan fingerprint density at radius 2 is 1.82 bits per heavy atom. The van der Waals surface area contributed by atoms with E-state index in [1.54, 1.807) is 6.07 Å². The first-order chi connectivity index (χ1) is 5.18. The molecule has 0 saturated heterocycles. The quantitative estimate of drug-likeness (QED) is 0.589. The average Bonchev–Trinajstić information content (AvgIpc) is 1.88. The molecule has 0 aliphatic rings. The van der Waals surface area contributed by atoms with Crippen LogP contribution in [0, 0.1) is 6.92 Å². The summed E-state index contributed by atoms with van der Waals surface area (Å²) in [5.41, 5.74) is 7.29. The molecule has 1 aromatic carbocycles. The van der Waals surface area contributed by atoms with Crippen molar-refractivity contribution < 1.29 is 5.11 Å². The van der Waals surface area contributed by atoms with Crippen molar-refractivity contribution in [1.82, 2.24) is 0 Å². The Morgan fingerprint density at radius 1 is 1.27 bits per heavy atom. The number of hydrogen-bond acceptors (Lipinski definition) is 2. The molecule has 0 aromatic heterocycles. The van der Waals surface area contributed by atoms with E-state index in [1.807, 2.05) is 19.1 Å². The summed E-state index contributed by atoms with van der Waals surface area (Å²) in [6, 6.07) is 5.48. The van der Waals surface area contributed by atoms with Gasteiger partial charge in [-0.1, -0.05) is 11.6 Å². The van der Waals surface area contributed by atoms with Crippen LogP contribution in [-0.4, -0.2) is 12.2 Å². The Balaban J connectivity index is 0.000000461. The van der Waals surface area contributed by atoms with Gasteiger partial charge in [0.05, 0.1) is 0 Å². The highest BCUT2D eigenvalue weighted by Gasteiger charge is 1.89. The molecule has 0 bridgehead atoms. The number of nitrogens with two attached hydrogens (primary N) is 1. The molecule has 0 amide bonds. The summed E-state index contributed by atoms with van der Waals surface area (Å²) in [5, 5.41) is 7.70. The van der Waals surface area contributed by atoms with Crippen molar-refractivity contribution in [1.29, 1.82) is 0 Å². The van der Waals surface area contributed by atoms with Crippen molar-refractivity contribution in [2.75, 3.05) is 12.8 Å². The van der Waals surface area contributed by atoms with Crippen LogP contribution in [-0.2, 0) is 0 Å². The van der Waals surface area contributed by atoms with E-state index in [4.69, 9.17) is 22.4 Å². The molecular formula is C8H12ClNO. The van der Waals surface area contributed by atoms with Gasteiger partial charge in [0.25, 0.3) is 0 Å². The maximum atomic E-state index is 7.00. The van der Waals surface area contributed by atoms with Gasteiger partial charge >= 0.3 is 0 Å². The minimum atomic E-state index is 0.701. The minimum Gasteiger partial charge on any atom is -0.400 e. The zero-order chi connectivity index (χ0) is 8.85. The number of rotatable bonds is 0. The van der Waals surface area contributed by atoms with Crippen molar-refractivity contribution >= 4 is 17.3 Å². The first-order valence-corrected chi connectivity index (χ1v) is 3.53. The Bertz CT molecular complexity index is 175. The fraction of sp³-hybridized carbons (Fsp3) is 0.250. The van der Waals surface area contributed by atoms with E-state index in [9.17, 15) is 0 Å². The summed E-state index contributed by atoms with van der Waals surface area (Å²) in [4.78, 5) is 0. The van der Waals surface area contributed by atoms with Crippen molar-refractivity contribution in [2.24, 2.45) is 0 Å². The third-order valence-electron chi connectivity index (χ3n) is 1.06. The van der Waals surface area contributed by atoms with Crippen LogP contribution in [0.5, 0.6) is 0 Å². The molecule has 11 heavy (non-hydrogen) atoms. The summed E-state index contributed by atoms with van der Waals surface area (Å²) in [6.07, 6.45) is 0. The molecular weight excluding hydrogens is 162 g/mol. The first-order valence-electron chi connectivity index (χ1n) is 3.16. The summed E-state index contributed by atoms with van der Waals surface area (Å²) in [7, 11) is 1.00. The van der Waals surface area contributed by atoms with Crippen LogP contribution in [0.25, 0.3) is 0 Å². The van der Waals surface area contributed by atoms with E-state index in [0.717, 1.165) is 18.4 Å². The SMILES string of the molecule is CO.Cc1cc(N)cc(Cl)c1. The molecule has 0 saturated carbocycles. The molecule has 2 nitrogen and oxygen atoms in total. The highest BCUT2D eigenvalue weighted by Crippen LogP contribution is 2.14. The second-order valence-corrected chi connectivity index (χ2v) is 2.50. The van der Waals surface area contributed by atoms with E-state index < -0.39 is 0 Å². The lowest BCUT2D eigenvalue weighted by molar-refractivity contribution is 0.399. The van der Waals surface area contributed by atoms with Crippen molar-refractivity contribution in [2.45, 2.75) is 6.92 Å². The van der Waals surface area contributed by atoms with Crippen LogP contribution in [0.3, 0.4) is 0 Å². The predicted molar refractivity (Wildman–Crippen MR) is 48.7 cm³/mol. The van der Waals surface area contributed by atoms with Crippen LogP contribution in [0.1, 0.15) is 5.56 Å². The first kappa shape index (κ1) is 10.3. The van der Waals surface area contributed by atoms with Gasteiger partial charge in [0.15, 0.2) is 0 Å². The Kier molecular flexibility index (Phi) is 4.66. The van der Waals surface area contributed by atoms with Crippen LogP contribution < -0.4 is 5.73 Å². The molecule has 0 aliphatic heterocycles. The van der Waals surface area contributed by atoms with Gasteiger partial charge in [-0.25, -0.2) is 0 Å². The van der Waals surface area contributed by atoms with Gasteiger partial charge in [-0.15, -0.1) is 0 Å². The Morgan fingerprint density at radius 3 is 2.18 bits per heavy atom. The monoisotopic (exact) mass is 173 g/mol. The van der Waals surface area contributed by atoms with Gasteiger partial charge in [0.2, 0.25) is 0 Å². The van der Waals surface area contributed by atoms with E-state index in [-0.39, 0.29) is 0 Å². The lowest BCUT2D eigenvalue weighted by Crippen LogP contribution is -1.84. The fourth-order valence-corrected chi connectivity index (χ4v) is 1.06. The Labute approximate surface area is 71.6 Å². The van der Waals surface area contributed by atoms with E-state index >= 15 is 0 Å². The van der Waals surface area contributed by atoms with Gasteiger partial charge in [0, 0.05) is 17.8 Å². The lowest BCUT2D eigenvalue weighted by Gasteiger charge is -1.95. The molecule has 3 heteroatoms. The number of aliphatic hydroxyl groups excluding tert-OH is 1. The molecule has 0 radical (unpaired) electrons. The van der Waals surface area contributed by atoms with Crippen LogP contribution in [0.15, 0.2) is 18.2 Å². The second-order valence-electron chi connectivity index (χ2n) is 2.06. The maximum absolute atomic E-state index is 7.00. The average molecular weight is 174 g/mol. The maximum Gasteiger partial charge on any atom is 0.0429 e. The minimum absolute atomic E-state index is 0.701. The third kappa shape index (κ3) is 3.86. The molecule has 3 N–H and O–H groups in total. The molecule has 1 aromatic rings. The molecule has 0 unspecified atom stereocenters. The van der Waals surface area contributed by atoms with Gasteiger partial charge in [-0.3, -0.25) is 0 Å². The topological polar surface area (TPSA) is 46.2 Å². The molecule has 0 fully saturated rings. The normalized spacial score (nSPS) is 8.36. The van der Waals surface area contributed by atoms with Crippen molar-refractivity contribution in [3.05, 3.63) is 28.8 Å². The number of benzene rings is 1. The zero-order valence-electron chi connectivity index (χ0n) is 6.63. The highest BCUT2D eigenvalue weighted by molar-refractivity contribution is 6.30. The number of anilines is 1. The van der Waals surface area contributed by atoms with Gasteiger partial charge in [0.1, 0.15) is 0 Å². The van der Waals surface area contributed by atoms with E-state index in [0.29, 0.717) is 5.02 Å². The van der Waals surface area contributed by atoms with Gasteiger partial charge < -0.3 is 10.8 Å². The van der Waals surface area contributed by atoms with E-state index in [1.165, 1.54) is 0 Å². The van der Waals surface area contributed by atoms with Gasteiger partial charge in [-0.05, 0) is 30.7 Å². The summed E-state index contributed by atoms with van der Waals surface area (Å²) in [6.45, 7) is 1.96. The number of aryl methyl sites for hydroxylation is 1. The standard InChI is InChI=1S/C7H8ClN.CH4O/c1-5-2-6(8)4-7(9)3-5;1-2/h2-4H,9H2,1H3;2H,1H3. The molecule has 0 heterocycles. The summed E-state index contributed by atoms with van der Waals surface area (Å²) < 4.78 is 0. The van der Waals surface area contributed by atoms with Crippen LogP contribution >= 0.6 is 11.6 Å². The van der Waals surface area contributed by atoms with Crippen molar-refractivity contribution in [3.8, 4) is 0 Å². The summed E-state index contributed by atoms with van der Waals surface area (Å²) >= 11 is 5.67. The largest absolute Gasteiger partial charge is 0.400 e. The second kappa shape index (κ2) is 4.99. The third-order valence-corrected chi connectivity index (χ3v) is 1.28. The lowest BCUT2D eigenvalue weighted by atomic mass is 10.2. The molecule has 0 aliphatic carbocycles. The molecule has 0 spiro atoms. The molecule has 0 atom stereocenters. The fourth-order valence-electron chi connectivity index (χ4n) is 0.765. The number of halogens is 1. The zero-order valence-corrected chi connectivity index (χ0v) is 7.39. The van der Waals surface area contributed by atoms with Crippen molar-refractivity contribution in [3.63, 3.8) is 0 Å². The van der Waals surface area contributed by atoms with E-state index in [2.05, 4.69) is 0 Å². The smallest absolute Gasteiger partial charge is 0.0429 e. The molecule has 1 rings (SSSR count). The Hall–Kier alpha value is -0.730. The van der Waals surface area contributed by atoms with Crippen LogP contribution in [0.4, 0.5) is 5.69 Å². The van der Waals surface area contributed by atoms with Gasteiger partial charge in [-0.2, -0.15) is 0 Å². The van der Waals surface area contributed by atoms with Crippen LogP contribution in [0.2, 0.25) is 5.02 Å². The number of nitrogen functional groups attached to an aromatic ring is 1. The molecule has 62 valence electrons. The number of hydrogen-bond donors (Lipinski definition) is 2. The predicted octanol–water partition coefficient (Wildman–Crippen LogP) is 1.84. The summed E-state index contributed by atoms with van der Waals surface area (Å²) in [5.74, 6) is 0. The highest BCUT2D eigenvalue weighted by atomic mass is 35.5.